The molecule has 1 aromatic heterocycles. The molecule has 0 amide bonds. The number of hydrogen-bond acceptors (Lipinski definition) is 6. The molecule has 0 atom stereocenters. The van der Waals surface area contributed by atoms with E-state index in [1.165, 1.54) is 23.0 Å². The van der Waals surface area contributed by atoms with Gasteiger partial charge in [0, 0.05) is 17.2 Å². The maximum atomic E-state index is 9.83. The number of aromatic nitrogens is 3. The van der Waals surface area contributed by atoms with Gasteiger partial charge in [-0.1, -0.05) is 0 Å². The molecule has 0 saturated carbocycles. The summed E-state index contributed by atoms with van der Waals surface area (Å²) < 4.78 is 7.20. The highest BCUT2D eigenvalue weighted by Gasteiger charge is 2.09. The normalized spacial score (nSPS) is 11.1. The van der Waals surface area contributed by atoms with Crippen molar-refractivity contribution in [3.8, 4) is 28.6 Å². The van der Waals surface area contributed by atoms with Gasteiger partial charge >= 0.3 is 0 Å². The number of benzene rings is 2. The van der Waals surface area contributed by atoms with E-state index in [1.54, 1.807) is 6.07 Å². The van der Waals surface area contributed by atoms with Crippen molar-refractivity contribution in [2.45, 2.75) is 6.92 Å². The van der Waals surface area contributed by atoms with Crippen LogP contribution in [0.25, 0.3) is 11.4 Å². The van der Waals surface area contributed by atoms with E-state index in [1.807, 2.05) is 31.2 Å². The molecular formula is C17H16N4O3S. The zero-order valence-electron chi connectivity index (χ0n) is 13.4. The first-order valence-electron chi connectivity index (χ1n) is 7.55. The van der Waals surface area contributed by atoms with E-state index >= 15 is 0 Å². The predicted molar refractivity (Wildman–Crippen MR) is 96.8 cm³/mol. The van der Waals surface area contributed by atoms with Crippen molar-refractivity contribution in [2.24, 2.45) is 5.10 Å². The molecule has 0 unspecified atom stereocenters. The highest BCUT2D eigenvalue weighted by molar-refractivity contribution is 7.71. The van der Waals surface area contributed by atoms with E-state index < -0.39 is 0 Å². The van der Waals surface area contributed by atoms with Crippen LogP contribution in [-0.2, 0) is 0 Å². The highest BCUT2D eigenvalue weighted by atomic mass is 32.1. The minimum Gasteiger partial charge on any atom is -0.508 e. The predicted octanol–water partition coefficient (Wildman–Crippen LogP) is 3.30. The number of ether oxygens (including phenoxy) is 1. The van der Waals surface area contributed by atoms with E-state index in [-0.39, 0.29) is 11.5 Å². The molecule has 0 radical (unpaired) electrons. The molecule has 0 aliphatic heterocycles. The molecular weight excluding hydrogens is 340 g/mol. The van der Waals surface area contributed by atoms with E-state index in [4.69, 9.17) is 17.0 Å². The molecule has 25 heavy (non-hydrogen) atoms. The van der Waals surface area contributed by atoms with Gasteiger partial charge in [-0.05, 0) is 55.5 Å². The standard InChI is InChI=1S/C17H16N4O3S/c1-2-24-14-7-4-11(5-8-14)16-19-20-17(25)21(16)18-10-12-3-6-13(22)9-15(12)23/h3-10,22-23H,2H2,1H3,(H,20,25). The van der Waals surface area contributed by atoms with Crippen LogP contribution in [0.2, 0.25) is 0 Å². The Kier molecular flexibility index (Phi) is 4.80. The monoisotopic (exact) mass is 356 g/mol. The van der Waals surface area contributed by atoms with Gasteiger partial charge in [-0.15, -0.1) is 0 Å². The van der Waals surface area contributed by atoms with Crippen LogP contribution in [0.15, 0.2) is 47.6 Å². The quantitative estimate of drug-likeness (QED) is 0.481. The van der Waals surface area contributed by atoms with Crippen LogP contribution >= 0.6 is 12.2 Å². The molecule has 0 fully saturated rings. The third-order valence-corrected chi connectivity index (χ3v) is 3.66. The average molecular weight is 356 g/mol. The van der Waals surface area contributed by atoms with Crippen LogP contribution in [0, 0.1) is 4.77 Å². The fourth-order valence-corrected chi connectivity index (χ4v) is 2.39. The molecule has 2 aromatic carbocycles. The number of H-pyrrole nitrogens is 1. The Bertz CT molecular complexity index is 961. The minimum atomic E-state index is -0.0821. The number of aromatic hydroxyl groups is 2. The summed E-state index contributed by atoms with van der Waals surface area (Å²) in [5, 5.41) is 30.4. The maximum Gasteiger partial charge on any atom is 0.216 e. The first kappa shape index (κ1) is 16.7. The third kappa shape index (κ3) is 3.69. The minimum absolute atomic E-state index is 0.0235. The molecule has 128 valence electrons. The van der Waals surface area contributed by atoms with Crippen molar-refractivity contribution in [1.29, 1.82) is 0 Å². The Labute approximate surface area is 148 Å². The summed E-state index contributed by atoms with van der Waals surface area (Å²) >= 11 is 5.21. The molecule has 0 aliphatic carbocycles. The lowest BCUT2D eigenvalue weighted by atomic mass is 10.2. The summed E-state index contributed by atoms with van der Waals surface area (Å²) in [7, 11) is 0. The number of aromatic amines is 1. The van der Waals surface area contributed by atoms with Gasteiger partial charge in [0.1, 0.15) is 17.2 Å². The lowest BCUT2D eigenvalue weighted by Crippen LogP contribution is -1.96. The van der Waals surface area contributed by atoms with Gasteiger partial charge in [0.25, 0.3) is 0 Å². The van der Waals surface area contributed by atoms with Gasteiger partial charge in [-0.3, -0.25) is 0 Å². The van der Waals surface area contributed by atoms with Crippen molar-refractivity contribution < 1.29 is 14.9 Å². The summed E-state index contributed by atoms with van der Waals surface area (Å²) in [4.78, 5) is 0. The second kappa shape index (κ2) is 7.18. The SMILES string of the molecule is CCOc1ccc(-c2n[nH]c(=S)n2N=Cc2ccc(O)cc2O)cc1. The molecule has 0 spiro atoms. The molecule has 3 rings (SSSR count). The van der Waals surface area contributed by atoms with Crippen LogP contribution < -0.4 is 4.74 Å². The summed E-state index contributed by atoms with van der Waals surface area (Å²) in [6.07, 6.45) is 1.44. The Morgan fingerprint density at radius 2 is 2.00 bits per heavy atom. The second-order valence-corrected chi connectivity index (χ2v) is 5.50. The Balaban J connectivity index is 1.94. The lowest BCUT2D eigenvalue weighted by Gasteiger charge is -2.05. The molecule has 0 saturated heterocycles. The molecule has 8 heteroatoms. The fourth-order valence-electron chi connectivity index (χ4n) is 2.21. The fraction of sp³-hybridized carbons (Fsp3) is 0.118. The lowest BCUT2D eigenvalue weighted by molar-refractivity contribution is 0.340. The van der Waals surface area contributed by atoms with Crippen molar-refractivity contribution in [3.05, 3.63) is 52.8 Å². The number of phenols is 2. The van der Waals surface area contributed by atoms with Gasteiger partial charge in [0.05, 0.1) is 12.8 Å². The topological polar surface area (TPSA) is 95.7 Å². The number of phenolic OH excluding ortho intramolecular Hbond substituents is 2. The summed E-state index contributed by atoms with van der Waals surface area (Å²) in [5.41, 5.74) is 1.25. The van der Waals surface area contributed by atoms with Crippen LogP contribution in [0.3, 0.4) is 0 Å². The van der Waals surface area contributed by atoms with Crippen LogP contribution in [0.5, 0.6) is 17.2 Å². The number of nitrogens with one attached hydrogen (secondary N) is 1. The summed E-state index contributed by atoms with van der Waals surface area (Å²) in [6.45, 7) is 2.52. The van der Waals surface area contributed by atoms with Gasteiger partial charge in [0.2, 0.25) is 4.77 Å². The first-order valence-corrected chi connectivity index (χ1v) is 7.96. The third-order valence-electron chi connectivity index (χ3n) is 3.40. The zero-order valence-corrected chi connectivity index (χ0v) is 14.2. The van der Waals surface area contributed by atoms with Crippen molar-refractivity contribution in [1.82, 2.24) is 14.9 Å². The molecule has 0 bridgehead atoms. The Morgan fingerprint density at radius 3 is 2.68 bits per heavy atom. The summed E-state index contributed by atoms with van der Waals surface area (Å²) in [5.74, 6) is 1.19. The molecule has 0 aliphatic rings. The summed E-state index contributed by atoms with van der Waals surface area (Å²) in [6, 6.07) is 11.7. The second-order valence-electron chi connectivity index (χ2n) is 5.11. The zero-order chi connectivity index (χ0) is 17.8. The Hall–Kier alpha value is -3.13. The van der Waals surface area contributed by atoms with Crippen molar-refractivity contribution >= 4 is 18.4 Å². The van der Waals surface area contributed by atoms with Crippen molar-refractivity contribution in [3.63, 3.8) is 0 Å². The molecule has 3 aromatic rings. The highest BCUT2D eigenvalue weighted by Crippen LogP contribution is 2.23. The number of rotatable bonds is 5. The van der Waals surface area contributed by atoms with Crippen LogP contribution in [-0.4, -0.2) is 37.9 Å². The van der Waals surface area contributed by atoms with E-state index in [0.29, 0.717) is 22.8 Å². The van der Waals surface area contributed by atoms with Gasteiger partial charge in [-0.2, -0.15) is 14.9 Å². The van der Waals surface area contributed by atoms with E-state index in [0.717, 1.165) is 11.3 Å². The molecule has 1 heterocycles. The van der Waals surface area contributed by atoms with Crippen LogP contribution in [0.1, 0.15) is 12.5 Å². The van der Waals surface area contributed by atoms with E-state index in [9.17, 15) is 10.2 Å². The largest absolute Gasteiger partial charge is 0.508 e. The molecule has 7 nitrogen and oxygen atoms in total. The van der Waals surface area contributed by atoms with Gasteiger partial charge in [0.15, 0.2) is 5.82 Å². The number of nitrogens with zero attached hydrogens (tertiary/aromatic N) is 3. The van der Waals surface area contributed by atoms with Crippen molar-refractivity contribution in [2.75, 3.05) is 6.61 Å². The number of hydrogen-bond donors (Lipinski definition) is 3. The first-order chi connectivity index (χ1) is 12.1. The smallest absolute Gasteiger partial charge is 0.216 e. The maximum absolute atomic E-state index is 9.83. The van der Waals surface area contributed by atoms with Gasteiger partial charge in [-0.25, -0.2) is 5.10 Å². The van der Waals surface area contributed by atoms with Gasteiger partial charge < -0.3 is 14.9 Å². The van der Waals surface area contributed by atoms with Crippen LogP contribution in [0.4, 0.5) is 0 Å². The van der Waals surface area contributed by atoms with E-state index in [2.05, 4.69) is 15.3 Å². The Morgan fingerprint density at radius 1 is 1.24 bits per heavy atom. The molecule has 3 N–H and O–H groups in total. The average Bonchev–Trinajstić information content (AvgIpc) is 2.96.